The van der Waals surface area contributed by atoms with Crippen molar-refractivity contribution in [3.8, 4) is 22.6 Å². The Kier molecular flexibility index (Phi) is 7.36. The molecule has 3 heterocycles. The second-order valence-corrected chi connectivity index (χ2v) is 9.23. The molecule has 0 spiro atoms. The van der Waals surface area contributed by atoms with Gasteiger partial charge in [-0.25, -0.2) is 9.97 Å². The number of nitrogens with zero attached hydrogens (tertiary/aromatic N) is 3. The van der Waals surface area contributed by atoms with Gasteiger partial charge >= 0.3 is 0 Å². The number of rotatable bonds is 6. The highest BCUT2D eigenvalue weighted by Gasteiger charge is 2.22. The summed E-state index contributed by atoms with van der Waals surface area (Å²) in [5.41, 5.74) is 9.35. The fourth-order valence-corrected chi connectivity index (χ4v) is 4.83. The van der Waals surface area contributed by atoms with E-state index in [-0.39, 0.29) is 5.82 Å². The molecule has 0 aliphatic carbocycles. The fraction of sp³-hybridized carbons (Fsp3) is 0.360. The lowest BCUT2D eigenvalue weighted by atomic mass is 10.1. The third kappa shape index (κ3) is 4.87. The minimum absolute atomic E-state index is 0.272. The van der Waals surface area contributed by atoms with Gasteiger partial charge in [-0.3, -0.25) is 0 Å². The van der Waals surface area contributed by atoms with Crippen LogP contribution in [0.3, 0.4) is 0 Å². The highest BCUT2D eigenvalue weighted by Crippen LogP contribution is 2.39. The number of nitrogens with one attached hydrogen (secondary N) is 1. The number of aryl methyl sites for hydroxylation is 1. The van der Waals surface area contributed by atoms with Crippen LogP contribution in [0.1, 0.15) is 31.1 Å². The molecule has 1 aliphatic rings. The summed E-state index contributed by atoms with van der Waals surface area (Å²) in [5, 5.41) is 4.51. The molecule has 2 atom stereocenters. The Hall–Kier alpha value is -2.74. The molecule has 1 aromatic carbocycles. The van der Waals surface area contributed by atoms with Gasteiger partial charge in [0.2, 0.25) is 0 Å². The number of methoxy groups -OCH3 is 1. The SMILES string of the molecule is COc1cc(N2CCNC[C@@H]2C)ncc1-c1cnc(N)c(O[C@H](C)c2c(Cl)ccc(C)c2Cl)c1. The zero-order valence-electron chi connectivity index (χ0n) is 19.7. The third-order valence-corrected chi connectivity index (χ3v) is 6.92. The molecule has 0 amide bonds. The minimum atomic E-state index is -0.434. The second kappa shape index (κ2) is 10.3. The van der Waals surface area contributed by atoms with Crippen molar-refractivity contribution in [2.24, 2.45) is 0 Å². The summed E-state index contributed by atoms with van der Waals surface area (Å²) in [6.45, 7) is 8.71. The van der Waals surface area contributed by atoms with E-state index in [1.54, 1.807) is 19.5 Å². The van der Waals surface area contributed by atoms with Crippen LogP contribution in [0.4, 0.5) is 11.6 Å². The van der Waals surface area contributed by atoms with Crippen molar-refractivity contribution in [2.45, 2.75) is 32.9 Å². The van der Waals surface area contributed by atoms with Crippen LogP contribution in [0, 0.1) is 6.92 Å². The lowest BCUT2D eigenvalue weighted by Gasteiger charge is -2.35. The average Bonchev–Trinajstić information content (AvgIpc) is 2.83. The molecule has 1 fully saturated rings. The Morgan fingerprint density at radius 2 is 1.97 bits per heavy atom. The summed E-state index contributed by atoms with van der Waals surface area (Å²) in [4.78, 5) is 11.3. The van der Waals surface area contributed by atoms with E-state index in [1.807, 2.05) is 38.1 Å². The number of halogens is 2. The quantitative estimate of drug-likeness (QED) is 0.474. The molecule has 3 aromatic rings. The van der Waals surface area contributed by atoms with E-state index < -0.39 is 6.10 Å². The molecule has 7 nitrogen and oxygen atoms in total. The first-order chi connectivity index (χ1) is 16.3. The summed E-state index contributed by atoms with van der Waals surface area (Å²) in [6.07, 6.45) is 3.06. The van der Waals surface area contributed by atoms with Gasteiger partial charge in [-0.2, -0.15) is 0 Å². The molecule has 4 rings (SSSR count). The Morgan fingerprint density at radius 3 is 2.71 bits per heavy atom. The maximum Gasteiger partial charge on any atom is 0.166 e. The van der Waals surface area contributed by atoms with E-state index in [0.717, 1.165) is 42.1 Å². The number of benzene rings is 1. The van der Waals surface area contributed by atoms with Crippen molar-refractivity contribution in [1.29, 1.82) is 0 Å². The number of nitrogens with two attached hydrogens (primary N) is 1. The van der Waals surface area contributed by atoms with Crippen LogP contribution in [0.15, 0.2) is 36.7 Å². The van der Waals surface area contributed by atoms with Crippen LogP contribution in [0.25, 0.3) is 11.1 Å². The van der Waals surface area contributed by atoms with Gasteiger partial charge in [-0.1, -0.05) is 29.3 Å². The monoisotopic (exact) mass is 501 g/mol. The molecule has 3 N–H and O–H groups in total. The van der Waals surface area contributed by atoms with Crippen LogP contribution in [0.2, 0.25) is 10.0 Å². The Labute approximate surface area is 210 Å². The van der Waals surface area contributed by atoms with Gasteiger partial charge in [0.05, 0.1) is 12.1 Å². The summed E-state index contributed by atoms with van der Waals surface area (Å²) < 4.78 is 11.9. The summed E-state index contributed by atoms with van der Waals surface area (Å²) in [5.74, 6) is 2.28. The predicted octanol–water partition coefficient (Wildman–Crippen LogP) is 5.29. The predicted molar refractivity (Wildman–Crippen MR) is 138 cm³/mol. The zero-order valence-corrected chi connectivity index (χ0v) is 21.2. The van der Waals surface area contributed by atoms with Crippen molar-refractivity contribution < 1.29 is 9.47 Å². The maximum atomic E-state index is 6.51. The largest absolute Gasteiger partial charge is 0.496 e. The van der Waals surface area contributed by atoms with Crippen LogP contribution < -0.4 is 25.4 Å². The van der Waals surface area contributed by atoms with E-state index in [0.29, 0.717) is 33.1 Å². The van der Waals surface area contributed by atoms with Gasteiger partial charge in [0.1, 0.15) is 17.7 Å². The van der Waals surface area contributed by atoms with E-state index in [2.05, 4.69) is 22.1 Å². The molecule has 34 heavy (non-hydrogen) atoms. The molecule has 9 heteroatoms. The summed E-state index contributed by atoms with van der Waals surface area (Å²) in [6, 6.07) is 7.83. The number of pyridine rings is 2. The molecule has 0 unspecified atom stereocenters. The van der Waals surface area contributed by atoms with Crippen LogP contribution in [-0.4, -0.2) is 42.8 Å². The number of hydrogen-bond acceptors (Lipinski definition) is 7. The number of aromatic nitrogens is 2. The highest BCUT2D eigenvalue weighted by atomic mass is 35.5. The lowest BCUT2D eigenvalue weighted by Crippen LogP contribution is -2.50. The first-order valence-corrected chi connectivity index (χ1v) is 11.9. The van der Waals surface area contributed by atoms with Crippen LogP contribution in [-0.2, 0) is 0 Å². The first kappa shape index (κ1) is 24.4. The van der Waals surface area contributed by atoms with Gasteiger partial charge in [0.15, 0.2) is 11.6 Å². The molecule has 2 aromatic heterocycles. The topological polar surface area (TPSA) is 85.5 Å². The number of hydrogen-bond donors (Lipinski definition) is 2. The lowest BCUT2D eigenvalue weighted by molar-refractivity contribution is 0.228. The highest BCUT2D eigenvalue weighted by molar-refractivity contribution is 6.36. The molecular weight excluding hydrogens is 473 g/mol. The van der Waals surface area contributed by atoms with Crippen molar-refractivity contribution in [2.75, 3.05) is 37.4 Å². The summed E-state index contributed by atoms with van der Waals surface area (Å²) in [7, 11) is 1.65. The van der Waals surface area contributed by atoms with Crippen LogP contribution in [0.5, 0.6) is 11.5 Å². The third-order valence-electron chi connectivity index (χ3n) is 6.09. The number of piperazine rings is 1. The Balaban J connectivity index is 1.65. The molecule has 0 bridgehead atoms. The molecular formula is C25H29Cl2N5O2. The normalized spacial score (nSPS) is 16.9. The standard InChI is InChI=1S/C25H29Cl2N5O2/c1-14-5-6-19(26)23(24(14)27)16(3)34-21-9-17(12-31-25(21)28)18-13-30-22(10-20(18)33-4)32-8-7-29-11-15(32)2/h5-6,9-10,12-13,15-16,29H,7-8,11H2,1-4H3,(H2,28,31)/t15-,16+/m0/s1. The molecule has 1 aliphatic heterocycles. The van der Waals surface area contributed by atoms with Crippen molar-refractivity contribution in [3.05, 3.63) is 57.8 Å². The smallest absolute Gasteiger partial charge is 0.166 e. The van der Waals surface area contributed by atoms with E-state index in [1.165, 1.54) is 0 Å². The number of anilines is 2. The average molecular weight is 502 g/mol. The van der Waals surface area contributed by atoms with Crippen molar-refractivity contribution in [3.63, 3.8) is 0 Å². The molecule has 180 valence electrons. The number of nitrogen functional groups attached to an aromatic ring is 1. The molecule has 0 radical (unpaired) electrons. The van der Waals surface area contributed by atoms with Crippen LogP contribution >= 0.6 is 23.2 Å². The minimum Gasteiger partial charge on any atom is -0.496 e. The van der Waals surface area contributed by atoms with Crippen molar-refractivity contribution >= 4 is 34.8 Å². The first-order valence-electron chi connectivity index (χ1n) is 11.2. The fourth-order valence-electron chi connectivity index (χ4n) is 4.15. The van der Waals surface area contributed by atoms with Gasteiger partial charge < -0.3 is 25.4 Å². The van der Waals surface area contributed by atoms with E-state index >= 15 is 0 Å². The Bertz CT molecular complexity index is 1190. The zero-order chi connectivity index (χ0) is 24.4. The van der Waals surface area contributed by atoms with Gasteiger partial charge in [0, 0.05) is 65.8 Å². The Morgan fingerprint density at radius 1 is 1.18 bits per heavy atom. The molecule has 0 saturated carbocycles. The van der Waals surface area contributed by atoms with Gasteiger partial charge in [-0.15, -0.1) is 0 Å². The second-order valence-electron chi connectivity index (χ2n) is 8.45. The van der Waals surface area contributed by atoms with Gasteiger partial charge in [-0.05, 0) is 38.5 Å². The van der Waals surface area contributed by atoms with Crippen molar-refractivity contribution in [1.82, 2.24) is 15.3 Å². The number of ether oxygens (including phenoxy) is 2. The maximum absolute atomic E-state index is 6.51. The van der Waals surface area contributed by atoms with Gasteiger partial charge in [0.25, 0.3) is 0 Å². The van der Waals surface area contributed by atoms with E-state index in [4.69, 9.17) is 43.4 Å². The molecule has 1 saturated heterocycles. The van der Waals surface area contributed by atoms with E-state index in [9.17, 15) is 0 Å². The summed E-state index contributed by atoms with van der Waals surface area (Å²) >= 11 is 12.9.